The van der Waals surface area contributed by atoms with Gasteiger partial charge in [-0.1, -0.05) is 84.6 Å². The van der Waals surface area contributed by atoms with Gasteiger partial charge in [0.15, 0.2) is 0 Å². The van der Waals surface area contributed by atoms with Gasteiger partial charge in [-0.25, -0.2) is 9.59 Å². The Morgan fingerprint density at radius 1 is 0.594 bits per heavy atom. The number of carboxylic acids is 1. The summed E-state index contributed by atoms with van der Waals surface area (Å²) >= 11 is 1.79. The van der Waals surface area contributed by atoms with Crippen LogP contribution in [0.15, 0.2) is 131 Å². The number of carbonyl (C=O) groups excluding carboxylic acids is 1. The molecule has 5 heteroatoms. The zero-order valence-electron chi connectivity index (χ0n) is 17.6. The van der Waals surface area contributed by atoms with E-state index in [0.29, 0.717) is 11.1 Å². The Balaban J connectivity index is 0.000000174. The van der Waals surface area contributed by atoms with Crippen molar-refractivity contribution in [2.24, 2.45) is 0 Å². The number of methoxy groups -OCH3 is 1. The predicted octanol–water partition coefficient (Wildman–Crippen LogP) is 6.70. The first-order valence-corrected chi connectivity index (χ1v) is 10.6. The molecule has 0 saturated carbocycles. The molecule has 0 spiro atoms. The lowest BCUT2D eigenvalue weighted by Crippen LogP contribution is -1.99. The van der Waals surface area contributed by atoms with Gasteiger partial charge >= 0.3 is 11.9 Å². The van der Waals surface area contributed by atoms with Gasteiger partial charge in [0.1, 0.15) is 0 Å². The van der Waals surface area contributed by atoms with Crippen LogP contribution in [-0.4, -0.2) is 24.2 Å². The van der Waals surface area contributed by atoms with E-state index in [-0.39, 0.29) is 5.97 Å². The van der Waals surface area contributed by atoms with Crippen LogP contribution in [0.1, 0.15) is 20.7 Å². The second-order valence-corrected chi connectivity index (χ2v) is 7.40. The van der Waals surface area contributed by atoms with Gasteiger partial charge in [-0.3, -0.25) is 0 Å². The van der Waals surface area contributed by atoms with Crippen LogP contribution in [0.2, 0.25) is 0 Å². The summed E-state index contributed by atoms with van der Waals surface area (Å²) in [4.78, 5) is 23.6. The molecule has 0 saturated heterocycles. The van der Waals surface area contributed by atoms with Crippen LogP contribution in [0.5, 0.6) is 0 Å². The molecule has 0 bridgehead atoms. The Kier molecular flexibility index (Phi) is 10.9. The van der Waals surface area contributed by atoms with Crippen LogP contribution in [0, 0.1) is 0 Å². The summed E-state index contributed by atoms with van der Waals surface area (Å²) in [5.74, 6) is -1.17. The second-order valence-electron chi connectivity index (χ2n) is 6.26. The van der Waals surface area contributed by atoms with Crippen LogP contribution < -0.4 is 0 Å². The highest BCUT2D eigenvalue weighted by atomic mass is 32.2. The molecule has 4 nitrogen and oxygen atoms in total. The molecule has 0 heterocycles. The van der Waals surface area contributed by atoms with Crippen molar-refractivity contribution in [2.75, 3.05) is 7.11 Å². The number of hydrogen-bond acceptors (Lipinski definition) is 4. The first-order valence-electron chi connectivity index (χ1n) is 9.80. The fourth-order valence-corrected chi connectivity index (χ4v) is 3.24. The van der Waals surface area contributed by atoms with Crippen LogP contribution >= 0.6 is 11.8 Å². The molecule has 0 amide bonds. The van der Waals surface area contributed by atoms with Gasteiger partial charge in [0.2, 0.25) is 0 Å². The van der Waals surface area contributed by atoms with Gasteiger partial charge in [0.05, 0.1) is 18.2 Å². The largest absolute Gasteiger partial charge is 0.478 e. The standard InChI is InChI=1S/C12H10S.C8H8O2.C7H6O2/c1-3-7-11(8-4-1)13-12-9-5-2-6-10-12;1-10-8(9)7-5-3-2-4-6-7;8-7(9)6-4-2-1-3-5-6/h1-10H;2-6H,1H3;1-5H,(H,8,9). The number of carbonyl (C=O) groups is 2. The number of rotatable bonds is 4. The molecule has 0 aliphatic heterocycles. The van der Waals surface area contributed by atoms with Crippen molar-refractivity contribution in [1.29, 1.82) is 0 Å². The Morgan fingerprint density at radius 2 is 0.938 bits per heavy atom. The fourth-order valence-electron chi connectivity index (χ4n) is 2.39. The third-order valence-corrected chi connectivity index (χ3v) is 4.95. The molecule has 1 N–H and O–H groups in total. The highest BCUT2D eigenvalue weighted by Gasteiger charge is 2.00. The molecule has 4 aromatic rings. The van der Waals surface area contributed by atoms with E-state index < -0.39 is 5.97 Å². The maximum atomic E-state index is 10.8. The van der Waals surface area contributed by atoms with Crippen LogP contribution in [0.25, 0.3) is 0 Å². The Hall–Kier alpha value is -3.83. The lowest BCUT2D eigenvalue weighted by Gasteiger charge is -1.99. The highest BCUT2D eigenvalue weighted by Crippen LogP contribution is 2.26. The summed E-state index contributed by atoms with van der Waals surface area (Å²) < 4.78 is 4.50. The number of carboxylic acid groups (broad SMARTS) is 1. The van der Waals surface area contributed by atoms with Gasteiger partial charge < -0.3 is 9.84 Å². The minimum Gasteiger partial charge on any atom is -0.478 e. The SMILES string of the molecule is COC(=O)c1ccccc1.O=C(O)c1ccccc1.c1ccc(Sc2ccccc2)cc1. The van der Waals surface area contributed by atoms with Crippen molar-refractivity contribution in [3.8, 4) is 0 Å². The van der Waals surface area contributed by atoms with Crippen LogP contribution in [0.3, 0.4) is 0 Å². The summed E-state index contributed by atoms with van der Waals surface area (Å²) in [5, 5.41) is 8.38. The van der Waals surface area contributed by atoms with Crippen molar-refractivity contribution in [1.82, 2.24) is 0 Å². The van der Waals surface area contributed by atoms with Gasteiger partial charge in [-0.05, 0) is 48.5 Å². The van der Waals surface area contributed by atoms with Crippen molar-refractivity contribution in [2.45, 2.75) is 9.79 Å². The zero-order valence-corrected chi connectivity index (χ0v) is 18.4. The molecule has 0 fully saturated rings. The number of benzene rings is 4. The van der Waals surface area contributed by atoms with Gasteiger partial charge in [-0.15, -0.1) is 0 Å². The highest BCUT2D eigenvalue weighted by molar-refractivity contribution is 7.99. The molecule has 4 rings (SSSR count). The molecule has 0 aliphatic rings. The summed E-state index contributed by atoms with van der Waals surface area (Å²) in [7, 11) is 1.37. The molecule has 0 unspecified atom stereocenters. The van der Waals surface area contributed by atoms with E-state index in [1.165, 1.54) is 16.9 Å². The molecule has 0 aromatic heterocycles. The average Bonchev–Trinajstić information content (AvgIpc) is 2.87. The Bertz CT molecular complexity index is 1020. The third kappa shape index (κ3) is 9.32. The molecule has 0 radical (unpaired) electrons. The zero-order chi connectivity index (χ0) is 23.0. The minimum atomic E-state index is -0.879. The monoisotopic (exact) mass is 444 g/mol. The molecular weight excluding hydrogens is 420 g/mol. The number of hydrogen-bond donors (Lipinski definition) is 1. The molecule has 162 valence electrons. The molecular formula is C27H24O4S. The van der Waals surface area contributed by atoms with Crippen LogP contribution in [0.4, 0.5) is 0 Å². The quantitative estimate of drug-likeness (QED) is 0.355. The Labute approximate surface area is 192 Å². The van der Waals surface area contributed by atoms with Gasteiger partial charge in [0.25, 0.3) is 0 Å². The van der Waals surface area contributed by atoms with E-state index >= 15 is 0 Å². The first kappa shape index (κ1) is 24.4. The lowest BCUT2D eigenvalue weighted by atomic mass is 10.2. The van der Waals surface area contributed by atoms with Gasteiger partial charge in [0, 0.05) is 9.79 Å². The summed E-state index contributed by atoms with van der Waals surface area (Å²) in [6.45, 7) is 0. The number of ether oxygens (including phenoxy) is 1. The average molecular weight is 445 g/mol. The predicted molar refractivity (Wildman–Crippen MR) is 128 cm³/mol. The van der Waals surface area contributed by atoms with Crippen molar-refractivity contribution >= 4 is 23.7 Å². The first-order chi connectivity index (χ1) is 15.6. The van der Waals surface area contributed by atoms with E-state index in [1.54, 1.807) is 66.4 Å². The normalized spacial score (nSPS) is 9.28. The smallest absolute Gasteiger partial charge is 0.337 e. The molecule has 0 aliphatic carbocycles. The second kappa shape index (κ2) is 14.2. The van der Waals surface area contributed by atoms with E-state index in [2.05, 4.69) is 53.3 Å². The minimum absolute atomic E-state index is 0.291. The van der Waals surface area contributed by atoms with Crippen molar-refractivity contribution < 1.29 is 19.4 Å². The van der Waals surface area contributed by atoms with E-state index in [4.69, 9.17) is 5.11 Å². The van der Waals surface area contributed by atoms with E-state index in [9.17, 15) is 9.59 Å². The van der Waals surface area contributed by atoms with E-state index in [1.807, 2.05) is 18.2 Å². The maximum Gasteiger partial charge on any atom is 0.337 e. The summed E-state index contributed by atoms with van der Waals surface area (Å²) in [5.41, 5.74) is 0.919. The summed E-state index contributed by atoms with van der Waals surface area (Å²) in [6, 6.07) is 38.0. The van der Waals surface area contributed by atoms with E-state index in [0.717, 1.165) is 0 Å². The topological polar surface area (TPSA) is 63.6 Å². The number of esters is 1. The number of aromatic carboxylic acids is 1. The summed E-state index contributed by atoms with van der Waals surface area (Å²) in [6.07, 6.45) is 0. The van der Waals surface area contributed by atoms with Crippen molar-refractivity contribution in [3.63, 3.8) is 0 Å². The maximum absolute atomic E-state index is 10.8. The van der Waals surface area contributed by atoms with Gasteiger partial charge in [-0.2, -0.15) is 0 Å². The molecule has 32 heavy (non-hydrogen) atoms. The fraction of sp³-hybridized carbons (Fsp3) is 0.0370. The lowest BCUT2D eigenvalue weighted by molar-refractivity contribution is 0.0599. The van der Waals surface area contributed by atoms with Crippen molar-refractivity contribution in [3.05, 3.63) is 132 Å². The van der Waals surface area contributed by atoms with Crippen LogP contribution in [-0.2, 0) is 4.74 Å². The molecule has 0 atom stereocenters. The molecule has 4 aromatic carbocycles. The third-order valence-electron chi connectivity index (χ3n) is 3.94. The Morgan fingerprint density at radius 3 is 1.25 bits per heavy atom.